The first-order valence-electron chi connectivity index (χ1n) is 6.07. The first-order valence-corrected chi connectivity index (χ1v) is 7.62. The quantitative estimate of drug-likeness (QED) is 0.807. The van der Waals surface area contributed by atoms with Gasteiger partial charge in [-0.05, 0) is 36.8 Å². The van der Waals surface area contributed by atoms with Crippen LogP contribution in [0.15, 0.2) is 34.8 Å². The molecule has 2 rings (SSSR count). The van der Waals surface area contributed by atoms with E-state index in [2.05, 4.69) is 15.9 Å². The average Bonchev–Trinajstić information content (AvgIpc) is 2.39. The van der Waals surface area contributed by atoms with Crippen LogP contribution < -0.4 is 10.5 Å². The van der Waals surface area contributed by atoms with Crippen LogP contribution in [-0.2, 0) is 13.2 Å². The maximum absolute atomic E-state index is 6.14. The molecule has 0 bridgehead atoms. The molecule has 0 unspecified atom stereocenters. The summed E-state index contributed by atoms with van der Waals surface area (Å²) >= 11 is 15.7. The summed E-state index contributed by atoms with van der Waals surface area (Å²) in [6, 6.07) is 9.35. The van der Waals surface area contributed by atoms with E-state index in [1.165, 1.54) is 0 Å². The van der Waals surface area contributed by atoms with Gasteiger partial charge in [0.25, 0.3) is 0 Å². The molecule has 0 aromatic heterocycles. The summed E-state index contributed by atoms with van der Waals surface area (Å²) in [5.41, 5.74) is 8.50. The molecule has 0 saturated heterocycles. The number of hydrogen-bond donors (Lipinski definition) is 1. The van der Waals surface area contributed by atoms with Crippen molar-refractivity contribution < 1.29 is 4.74 Å². The fraction of sp³-hybridized carbons (Fsp3) is 0.200. The summed E-state index contributed by atoms with van der Waals surface area (Å²) in [6.45, 7) is 2.70. The molecule has 0 heterocycles. The lowest BCUT2D eigenvalue weighted by molar-refractivity contribution is 0.301. The van der Waals surface area contributed by atoms with Crippen molar-refractivity contribution in [1.29, 1.82) is 0 Å². The number of nitrogens with two attached hydrogens (primary N) is 1. The van der Waals surface area contributed by atoms with Gasteiger partial charge in [0.2, 0.25) is 0 Å². The zero-order valence-corrected chi connectivity index (χ0v) is 14.0. The van der Waals surface area contributed by atoms with Gasteiger partial charge in [-0.25, -0.2) is 0 Å². The zero-order chi connectivity index (χ0) is 14.7. The molecule has 0 amide bonds. The van der Waals surface area contributed by atoms with Gasteiger partial charge in [0.05, 0.1) is 0 Å². The van der Waals surface area contributed by atoms with E-state index in [0.717, 1.165) is 26.9 Å². The van der Waals surface area contributed by atoms with Gasteiger partial charge in [0, 0.05) is 32.2 Å². The molecule has 20 heavy (non-hydrogen) atoms. The van der Waals surface area contributed by atoms with Gasteiger partial charge >= 0.3 is 0 Å². The van der Waals surface area contributed by atoms with Crippen molar-refractivity contribution >= 4 is 39.1 Å². The molecule has 0 fully saturated rings. The van der Waals surface area contributed by atoms with E-state index in [4.69, 9.17) is 33.7 Å². The smallest absolute Gasteiger partial charge is 0.127 e. The first-order chi connectivity index (χ1) is 9.52. The Hall–Kier alpha value is -0.740. The number of aryl methyl sites for hydroxylation is 1. The SMILES string of the molecule is Cc1cc(Br)cc(CN)c1OCc1c(Cl)cccc1Cl. The fourth-order valence-corrected chi connectivity index (χ4v) is 3.10. The molecule has 2 aromatic carbocycles. The summed E-state index contributed by atoms with van der Waals surface area (Å²) in [6.07, 6.45) is 0. The van der Waals surface area contributed by atoms with Crippen molar-refractivity contribution in [3.8, 4) is 5.75 Å². The van der Waals surface area contributed by atoms with E-state index in [0.29, 0.717) is 23.2 Å². The largest absolute Gasteiger partial charge is 0.488 e. The molecule has 0 radical (unpaired) electrons. The molecular weight excluding hydrogens is 361 g/mol. The van der Waals surface area contributed by atoms with Crippen LogP contribution in [0.2, 0.25) is 10.0 Å². The Morgan fingerprint density at radius 1 is 1.20 bits per heavy atom. The van der Waals surface area contributed by atoms with Gasteiger partial charge in [-0.3, -0.25) is 0 Å². The highest BCUT2D eigenvalue weighted by molar-refractivity contribution is 9.10. The Morgan fingerprint density at radius 2 is 1.85 bits per heavy atom. The number of halogens is 3. The van der Waals surface area contributed by atoms with Crippen molar-refractivity contribution in [3.63, 3.8) is 0 Å². The topological polar surface area (TPSA) is 35.2 Å². The summed E-state index contributed by atoms with van der Waals surface area (Å²) < 4.78 is 6.88. The minimum atomic E-state index is 0.313. The van der Waals surface area contributed by atoms with Crippen molar-refractivity contribution in [2.45, 2.75) is 20.1 Å². The highest BCUT2D eigenvalue weighted by Crippen LogP contribution is 2.31. The van der Waals surface area contributed by atoms with Crippen LogP contribution in [-0.4, -0.2) is 0 Å². The van der Waals surface area contributed by atoms with E-state index in [1.807, 2.05) is 25.1 Å². The van der Waals surface area contributed by atoms with Crippen LogP contribution in [0.3, 0.4) is 0 Å². The Kier molecular flexibility index (Phi) is 5.33. The van der Waals surface area contributed by atoms with E-state index in [-0.39, 0.29) is 0 Å². The summed E-state index contributed by atoms with van der Waals surface area (Å²) in [4.78, 5) is 0. The highest BCUT2D eigenvalue weighted by atomic mass is 79.9. The Labute approximate surface area is 137 Å². The Balaban J connectivity index is 2.27. The summed E-state index contributed by atoms with van der Waals surface area (Å²) in [5, 5.41) is 1.20. The molecule has 0 aliphatic carbocycles. The van der Waals surface area contributed by atoms with Gasteiger partial charge in [-0.15, -0.1) is 0 Å². The van der Waals surface area contributed by atoms with Crippen LogP contribution in [0.1, 0.15) is 16.7 Å². The Morgan fingerprint density at radius 3 is 2.45 bits per heavy atom. The molecule has 0 saturated carbocycles. The van der Waals surface area contributed by atoms with Crippen LogP contribution in [0.25, 0.3) is 0 Å². The van der Waals surface area contributed by atoms with Gasteiger partial charge in [0.1, 0.15) is 12.4 Å². The highest BCUT2D eigenvalue weighted by Gasteiger charge is 2.11. The molecule has 5 heteroatoms. The monoisotopic (exact) mass is 373 g/mol. The second kappa shape index (κ2) is 6.81. The molecule has 2 N–H and O–H groups in total. The summed E-state index contributed by atoms with van der Waals surface area (Å²) in [5.74, 6) is 0.784. The van der Waals surface area contributed by atoms with E-state index in [1.54, 1.807) is 12.1 Å². The van der Waals surface area contributed by atoms with Crippen molar-refractivity contribution in [3.05, 3.63) is 61.5 Å². The third-order valence-electron chi connectivity index (χ3n) is 2.96. The number of benzene rings is 2. The standard InChI is InChI=1S/C15H14BrCl2NO/c1-9-5-11(16)6-10(7-19)15(9)20-8-12-13(17)3-2-4-14(12)18/h2-6H,7-8,19H2,1H3. The molecule has 0 spiro atoms. The van der Waals surface area contributed by atoms with Crippen LogP contribution in [0.5, 0.6) is 5.75 Å². The predicted molar refractivity (Wildman–Crippen MR) is 87.6 cm³/mol. The van der Waals surface area contributed by atoms with Crippen LogP contribution >= 0.6 is 39.1 Å². The predicted octanol–water partition coefficient (Wildman–Crippen LogP) is 5.10. The minimum Gasteiger partial charge on any atom is -0.488 e. The van der Waals surface area contributed by atoms with Gasteiger partial charge in [-0.2, -0.15) is 0 Å². The first kappa shape index (κ1) is 15.6. The van der Waals surface area contributed by atoms with E-state index in [9.17, 15) is 0 Å². The summed E-state index contributed by atoms with van der Waals surface area (Å²) in [7, 11) is 0. The van der Waals surface area contributed by atoms with Crippen LogP contribution in [0, 0.1) is 6.92 Å². The minimum absolute atomic E-state index is 0.313. The van der Waals surface area contributed by atoms with Crippen molar-refractivity contribution in [2.75, 3.05) is 0 Å². The van der Waals surface area contributed by atoms with Crippen molar-refractivity contribution in [1.82, 2.24) is 0 Å². The third-order valence-corrected chi connectivity index (χ3v) is 4.12. The number of hydrogen-bond acceptors (Lipinski definition) is 2. The Bertz CT molecular complexity index is 611. The normalized spacial score (nSPS) is 10.7. The van der Waals surface area contributed by atoms with Gasteiger partial charge in [-0.1, -0.05) is 45.2 Å². The van der Waals surface area contributed by atoms with Crippen LogP contribution in [0.4, 0.5) is 0 Å². The van der Waals surface area contributed by atoms with E-state index >= 15 is 0 Å². The van der Waals surface area contributed by atoms with Crippen molar-refractivity contribution in [2.24, 2.45) is 5.73 Å². The van der Waals surface area contributed by atoms with E-state index < -0.39 is 0 Å². The molecule has 0 atom stereocenters. The molecule has 2 aromatic rings. The maximum atomic E-state index is 6.14. The number of ether oxygens (including phenoxy) is 1. The van der Waals surface area contributed by atoms with Gasteiger partial charge in [0.15, 0.2) is 0 Å². The second-order valence-electron chi connectivity index (χ2n) is 4.40. The maximum Gasteiger partial charge on any atom is 0.127 e. The molecule has 2 nitrogen and oxygen atoms in total. The fourth-order valence-electron chi connectivity index (χ4n) is 1.97. The average molecular weight is 375 g/mol. The number of rotatable bonds is 4. The molecule has 0 aliphatic rings. The lowest BCUT2D eigenvalue weighted by atomic mass is 10.1. The van der Waals surface area contributed by atoms with Gasteiger partial charge < -0.3 is 10.5 Å². The lowest BCUT2D eigenvalue weighted by Gasteiger charge is -2.15. The zero-order valence-electron chi connectivity index (χ0n) is 10.9. The molecule has 106 valence electrons. The second-order valence-corrected chi connectivity index (χ2v) is 6.13. The lowest BCUT2D eigenvalue weighted by Crippen LogP contribution is -2.05. The molecular formula is C15H14BrCl2NO. The molecule has 0 aliphatic heterocycles. The third kappa shape index (κ3) is 3.47.